The zero-order valence-corrected chi connectivity index (χ0v) is 30.6. The summed E-state index contributed by atoms with van der Waals surface area (Å²) in [5, 5.41) is 6.52. The molecule has 258 valence electrons. The van der Waals surface area contributed by atoms with Gasteiger partial charge in [-0.05, 0) is 52.4 Å². The van der Waals surface area contributed by atoms with Crippen LogP contribution in [0.25, 0.3) is 109 Å². The van der Waals surface area contributed by atoms with Gasteiger partial charge in [0.05, 0.1) is 6.85 Å². The third-order valence-electron chi connectivity index (χ3n) is 9.95. The summed E-state index contributed by atoms with van der Waals surface area (Å²) in [5.74, 6) is 1.39. The van der Waals surface area contributed by atoms with Gasteiger partial charge in [0.25, 0.3) is 0 Å². The molecule has 0 bridgehead atoms. The highest BCUT2D eigenvalue weighted by Gasteiger charge is 2.18. The molecule has 0 unspecified atom stereocenters. The molecule has 11 rings (SSSR count). The molecule has 0 saturated carbocycles. The van der Waals surface area contributed by atoms with E-state index in [0.717, 1.165) is 43.3 Å². The molecule has 4 heterocycles. The molecule has 4 nitrogen and oxygen atoms in total. The van der Waals surface area contributed by atoms with Gasteiger partial charge < -0.3 is 4.42 Å². The molecular formula is C49H29N3OS2. The van der Waals surface area contributed by atoms with E-state index in [1.165, 1.54) is 25.9 Å². The van der Waals surface area contributed by atoms with E-state index in [4.69, 9.17) is 26.2 Å². The summed E-state index contributed by atoms with van der Waals surface area (Å²) in [6.07, 6.45) is 0. The third kappa shape index (κ3) is 5.54. The molecule has 0 N–H and O–H groups in total. The number of furan rings is 1. The zero-order chi connectivity index (χ0) is 40.6. The van der Waals surface area contributed by atoms with Crippen LogP contribution in [0, 0.1) is 0 Å². The van der Waals surface area contributed by atoms with Gasteiger partial charge in [-0.2, -0.15) is 0 Å². The van der Waals surface area contributed by atoms with Crippen LogP contribution in [0.3, 0.4) is 0 Å². The van der Waals surface area contributed by atoms with Gasteiger partial charge in [-0.15, -0.1) is 22.7 Å². The molecule has 55 heavy (non-hydrogen) atoms. The molecular weight excluding hydrogens is 711 g/mol. The number of aromatic nitrogens is 3. The topological polar surface area (TPSA) is 51.8 Å². The van der Waals surface area contributed by atoms with Crippen LogP contribution in [0.1, 0.15) is 6.85 Å². The van der Waals surface area contributed by atoms with E-state index < -0.39 is 6.04 Å². The highest BCUT2D eigenvalue weighted by Crippen LogP contribution is 2.43. The predicted octanol–water partition coefficient (Wildman–Crippen LogP) is 14.2. The van der Waals surface area contributed by atoms with E-state index in [1.807, 2.05) is 42.5 Å². The normalized spacial score (nSPS) is 12.9. The summed E-state index contributed by atoms with van der Waals surface area (Å²) < 4.78 is 50.4. The molecule has 0 aliphatic carbocycles. The Morgan fingerprint density at radius 3 is 1.95 bits per heavy atom. The maximum Gasteiger partial charge on any atom is 0.164 e. The fourth-order valence-corrected chi connectivity index (χ4v) is 9.26. The van der Waals surface area contributed by atoms with Crippen LogP contribution < -0.4 is 0 Å². The summed E-state index contributed by atoms with van der Waals surface area (Å²) >= 11 is 3.48. The fraction of sp³-hybridized carbons (Fsp3) is 0. The van der Waals surface area contributed by atoms with Crippen molar-refractivity contribution in [3.8, 4) is 66.9 Å². The largest absolute Gasteiger partial charge is 0.455 e. The molecule has 7 aromatic carbocycles. The Balaban J connectivity index is 1.07. The van der Waals surface area contributed by atoms with Crippen LogP contribution in [-0.4, -0.2) is 15.0 Å². The van der Waals surface area contributed by atoms with E-state index in [1.54, 1.807) is 34.8 Å². The Kier molecular flexibility index (Phi) is 6.36. The van der Waals surface area contributed by atoms with Crippen molar-refractivity contribution in [2.24, 2.45) is 0 Å². The van der Waals surface area contributed by atoms with Crippen molar-refractivity contribution in [2.45, 2.75) is 0 Å². The van der Waals surface area contributed by atoms with Gasteiger partial charge in [0.2, 0.25) is 0 Å². The predicted molar refractivity (Wildman–Crippen MR) is 230 cm³/mol. The first kappa shape index (κ1) is 26.9. The Bertz CT molecular complexity index is 3460. The number of nitrogens with zero attached hydrogens (tertiary/aromatic N) is 3. The molecule has 0 aliphatic heterocycles. The Hall–Kier alpha value is -6.73. The van der Waals surface area contributed by atoms with E-state index in [0.29, 0.717) is 34.2 Å². The second kappa shape index (κ2) is 13.0. The number of hydrogen-bond donors (Lipinski definition) is 0. The summed E-state index contributed by atoms with van der Waals surface area (Å²) in [6.45, 7) is 0. The smallest absolute Gasteiger partial charge is 0.164 e. The van der Waals surface area contributed by atoms with Crippen molar-refractivity contribution < 1.29 is 11.3 Å². The lowest BCUT2D eigenvalue weighted by Crippen LogP contribution is -2.00. The molecule has 0 atom stereocenters. The van der Waals surface area contributed by atoms with Crippen LogP contribution in [0.2, 0.25) is 0 Å². The first-order valence-electron chi connectivity index (χ1n) is 20.2. The molecule has 0 amide bonds. The molecule has 4 aromatic heterocycles. The lowest BCUT2D eigenvalue weighted by molar-refractivity contribution is 0.670. The summed E-state index contributed by atoms with van der Waals surface area (Å²) in [5.41, 5.74) is 7.73. The number of para-hydroxylation sites is 1. The second-order valence-corrected chi connectivity index (χ2v) is 15.2. The van der Waals surface area contributed by atoms with E-state index >= 15 is 0 Å². The van der Waals surface area contributed by atoms with Gasteiger partial charge in [0.15, 0.2) is 17.5 Å². The van der Waals surface area contributed by atoms with Gasteiger partial charge in [-0.25, -0.2) is 15.0 Å². The standard InChI is InChI=1S/C49H29N3OS2/c1-3-10-30(11-4-1)31-19-21-33(22-20-31)47-50-48(34-23-25-37-38-15-7-14-36(32-12-5-2-6-13-32)46(38)53-41(37)28-34)52-49(51-47)35-24-26-40-44(29-35)55-43-17-8-16-39(45(40)43)42-18-9-27-54-42/h1-29H/i1D,3D,4D,10D,11D. The van der Waals surface area contributed by atoms with Crippen molar-refractivity contribution >= 4 is 64.8 Å². The first-order chi connectivity index (χ1) is 29.3. The number of fused-ring (bicyclic) bond motifs is 6. The minimum Gasteiger partial charge on any atom is -0.455 e. The molecule has 0 saturated heterocycles. The first-order valence-corrected chi connectivity index (χ1v) is 19.4. The highest BCUT2D eigenvalue weighted by molar-refractivity contribution is 7.26. The maximum absolute atomic E-state index is 8.51. The van der Waals surface area contributed by atoms with Crippen molar-refractivity contribution in [1.29, 1.82) is 0 Å². The van der Waals surface area contributed by atoms with Crippen molar-refractivity contribution in [1.82, 2.24) is 15.0 Å². The molecule has 0 aliphatic rings. The minimum absolute atomic E-state index is 0.137. The molecule has 11 aromatic rings. The van der Waals surface area contributed by atoms with Crippen LogP contribution in [0.5, 0.6) is 0 Å². The third-order valence-corrected chi connectivity index (χ3v) is 12.0. The lowest BCUT2D eigenvalue weighted by Gasteiger charge is -2.09. The summed E-state index contributed by atoms with van der Waals surface area (Å²) in [4.78, 5) is 16.4. The van der Waals surface area contributed by atoms with E-state index in [2.05, 4.69) is 90.3 Å². The second-order valence-electron chi connectivity index (χ2n) is 13.2. The monoisotopic (exact) mass is 744 g/mol. The number of benzene rings is 7. The van der Waals surface area contributed by atoms with Crippen LogP contribution in [0.15, 0.2) is 180 Å². The molecule has 0 fully saturated rings. The molecule has 0 spiro atoms. The lowest BCUT2D eigenvalue weighted by atomic mass is 10.0. The Morgan fingerprint density at radius 2 is 1.16 bits per heavy atom. The van der Waals surface area contributed by atoms with Gasteiger partial charge >= 0.3 is 0 Å². The van der Waals surface area contributed by atoms with Crippen molar-refractivity contribution in [3.05, 3.63) is 175 Å². The summed E-state index contributed by atoms with van der Waals surface area (Å²) in [7, 11) is 0. The number of thiophene rings is 2. The Labute approximate surface area is 331 Å². The summed E-state index contributed by atoms with van der Waals surface area (Å²) in [6, 6.07) is 45.0. The van der Waals surface area contributed by atoms with Crippen molar-refractivity contribution in [3.63, 3.8) is 0 Å². The molecule has 6 heteroatoms. The Morgan fingerprint density at radius 1 is 0.473 bits per heavy atom. The van der Waals surface area contributed by atoms with Crippen LogP contribution >= 0.6 is 22.7 Å². The minimum atomic E-state index is -0.426. The zero-order valence-electron chi connectivity index (χ0n) is 33.9. The van der Waals surface area contributed by atoms with E-state index in [9.17, 15) is 0 Å². The van der Waals surface area contributed by atoms with Gasteiger partial charge in [-0.1, -0.05) is 139 Å². The van der Waals surface area contributed by atoms with Gasteiger partial charge in [0, 0.05) is 63.6 Å². The SMILES string of the molecule is [2H]c1c([2H])c([2H])c(-c2ccc(-c3nc(-c4ccc5c(c4)oc4c(-c6ccccc6)cccc45)nc(-c4ccc5c(c4)sc4cccc(-c6cccs6)c45)n3)cc2)c([2H])c1[2H]. The maximum atomic E-state index is 8.51. The molecule has 0 radical (unpaired) electrons. The van der Waals surface area contributed by atoms with E-state index in [-0.39, 0.29) is 29.7 Å². The fourth-order valence-electron chi connectivity index (χ4n) is 7.33. The quantitative estimate of drug-likeness (QED) is 0.170. The number of hydrogen-bond acceptors (Lipinski definition) is 6. The highest BCUT2D eigenvalue weighted by atomic mass is 32.1. The average molecular weight is 745 g/mol. The average Bonchev–Trinajstić information content (AvgIpc) is 4.06. The van der Waals surface area contributed by atoms with Gasteiger partial charge in [0.1, 0.15) is 11.2 Å². The van der Waals surface area contributed by atoms with Crippen LogP contribution in [-0.2, 0) is 0 Å². The van der Waals surface area contributed by atoms with Crippen LogP contribution in [0.4, 0.5) is 0 Å². The number of rotatable bonds is 6. The van der Waals surface area contributed by atoms with Crippen molar-refractivity contribution in [2.75, 3.05) is 0 Å². The van der Waals surface area contributed by atoms with Gasteiger partial charge in [-0.3, -0.25) is 0 Å².